The van der Waals surface area contributed by atoms with E-state index in [1.165, 1.54) is 0 Å². The molecule has 1 aromatic carbocycles. The molecular weight excluding hydrogens is 222 g/mol. The number of carbonyl (C=O) groups excluding carboxylic acids is 1. The number of carbonyl (C=O) groups is 2. The van der Waals surface area contributed by atoms with Crippen LogP contribution >= 0.6 is 0 Å². The van der Waals surface area contributed by atoms with Crippen molar-refractivity contribution in [1.29, 1.82) is 0 Å². The van der Waals surface area contributed by atoms with Gasteiger partial charge in [-0.25, -0.2) is 0 Å². The topological polar surface area (TPSA) is 89.6 Å². The standard InChI is InChI=1S/C12H15NO4/c13-10(6-11(14)15)7-12(16)17-8-9-4-2-1-3-5-9/h1-5,10H,6-8,13H2,(H,14,15)/t10-/m1/s1. The van der Waals surface area contributed by atoms with Gasteiger partial charge < -0.3 is 15.6 Å². The van der Waals surface area contributed by atoms with Crippen molar-refractivity contribution in [3.05, 3.63) is 35.9 Å². The van der Waals surface area contributed by atoms with E-state index in [1.807, 2.05) is 30.3 Å². The highest BCUT2D eigenvalue weighted by atomic mass is 16.5. The molecule has 0 amide bonds. The van der Waals surface area contributed by atoms with Gasteiger partial charge in [-0.2, -0.15) is 0 Å². The second-order valence-corrected chi connectivity index (χ2v) is 3.71. The molecule has 0 spiro atoms. The zero-order valence-electron chi connectivity index (χ0n) is 9.33. The van der Waals surface area contributed by atoms with Crippen LogP contribution in [0.5, 0.6) is 0 Å². The lowest BCUT2D eigenvalue weighted by Crippen LogP contribution is -2.27. The van der Waals surface area contributed by atoms with Crippen LogP contribution in [0.3, 0.4) is 0 Å². The van der Waals surface area contributed by atoms with Gasteiger partial charge in [0.2, 0.25) is 0 Å². The Kier molecular flexibility index (Phi) is 5.16. The molecule has 0 saturated heterocycles. The van der Waals surface area contributed by atoms with Gasteiger partial charge >= 0.3 is 11.9 Å². The number of rotatable bonds is 6. The summed E-state index contributed by atoms with van der Waals surface area (Å²) in [7, 11) is 0. The van der Waals surface area contributed by atoms with Crippen molar-refractivity contribution in [3.63, 3.8) is 0 Å². The molecule has 1 atom stereocenters. The first-order valence-electron chi connectivity index (χ1n) is 5.25. The number of benzene rings is 1. The second kappa shape index (κ2) is 6.65. The minimum absolute atomic E-state index is 0.0842. The molecule has 0 saturated carbocycles. The van der Waals surface area contributed by atoms with Gasteiger partial charge in [-0.15, -0.1) is 0 Å². The smallest absolute Gasteiger partial charge is 0.307 e. The average Bonchev–Trinajstić information content (AvgIpc) is 2.26. The van der Waals surface area contributed by atoms with Crippen molar-refractivity contribution in [3.8, 4) is 0 Å². The van der Waals surface area contributed by atoms with E-state index in [2.05, 4.69) is 0 Å². The van der Waals surface area contributed by atoms with Gasteiger partial charge in [0.25, 0.3) is 0 Å². The van der Waals surface area contributed by atoms with Gasteiger partial charge in [0, 0.05) is 6.04 Å². The molecule has 5 nitrogen and oxygen atoms in total. The van der Waals surface area contributed by atoms with Crippen LogP contribution in [0.2, 0.25) is 0 Å². The molecule has 5 heteroatoms. The Morgan fingerprint density at radius 1 is 1.24 bits per heavy atom. The Labute approximate surface area is 99.2 Å². The molecule has 0 aliphatic heterocycles. The highest BCUT2D eigenvalue weighted by Gasteiger charge is 2.13. The Balaban J connectivity index is 2.28. The third-order valence-electron chi connectivity index (χ3n) is 2.11. The van der Waals surface area contributed by atoms with Crippen LogP contribution in [0.1, 0.15) is 18.4 Å². The maximum Gasteiger partial charge on any atom is 0.307 e. The predicted molar refractivity (Wildman–Crippen MR) is 61.1 cm³/mol. The summed E-state index contributed by atoms with van der Waals surface area (Å²) in [6, 6.07) is 8.54. The molecule has 0 bridgehead atoms. The van der Waals surface area contributed by atoms with Crippen LogP contribution in [-0.2, 0) is 20.9 Å². The van der Waals surface area contributed by atoms with Crippen molar-refractivity contribution in [2.75, 3.05) is 0 Å². The van der Waals surface area contributed by atoms with Gasteiger partial charge in [-0.1, -0.05) is 30.3 Å². The molecule has 92 valence electrons. The molecule has 1 rings (SSSR count). The van der Waals surface area contributed by atoms with Gasteiger partial charge in [0.1, 0.15) is 6.61 Å². The first kappa shape index (κ1) is 13.2. The Bertz CT molecular complexity index is 377. The number of carboxylic acid groups (broad SMARTS) is 1. The van der Waals surface area contributed by atoms with E-state index in [4.69, 9.17) is 15.6 Å². The van der Waals surface area contributed by atoms with Gasteiger partial charge in [-0.3, -0.25) is 9.59 Å². The van der Waals surface area contributed by atoms with Gasteiger partial charge in [0.05, 0.1) is 12.8 Å². The summed E-state index contributed by atoms with van der Waals surface area (Å²) in [5.41, 5.74) is 6.34. The number of ether oxygens (including phenoxy) is 1. The summed E-state index contributed by atoms with van der Waals surface area (Å²) < 4.78 is 4.97. The molecule has 1 aromatic rings. The van der Waals surface area contributed by atoms with Crippen molar-refractivity contribution in [2.45, 2.75) is 25.5 Å². The number of esters is 1. The molecule has 0 fully saturated rings. The summed E-state index contributed by atoms with van der Waals surface area (Å²) in [6.45, 7) is 0.180. The predicted octanol–water partition coefficient (Wildman–Crippen LogP) is 0.922. The molecule has 0 aromatic heterocycles. The lowest BCUT2D eigenvalue weighted by atomic mass is 10.1. The summed E-state index contributed by atoms with van der Waals surface area (Å²) in [6.07, 6.45) is -0.320. The first-order chi connectivity index (χ1) is 8.08. The highest BCUT2D eigenvalue weighted by molar-refractivity contribution is 5.72. The molecule has 3 N–H and O–H groups in total. The molecule has 0 heterocycles. The van der Waals surface area contributed by atoms with E-state index in [0.29, 0.717) is 0 Å². The maximum atomic E-state index is 11.3. The van der Waals surface area contributed by atoms with E-state index < -0.39 is 18.0 Å². The van der Waals surface area contributed by atoms with Crippen LogP contribution in [0.15, 0.2) is 30.3 Å². The summed E-state index contributed by atoms with van der Waals surface area (Å²) in [4.78, 5) is 21.7. The van der Waals surface area contributed by atoms with E-state index in [9.17, 15) is 9.59 Å². The summed E-state index contributed by atoms with van der Waals surface area (Å²) in [5, 5.41) is 8.47. The first-order valence-corrected chi connectivity index (χ1v) is 5.25. The highest BCUT2D eigenvalue weighted by Crippen LogP contribution is 2.03. The van der Waals surface area contributed by atoms with Crippen LogP contribution < -0.4 is 5.73 Å². The van der Waals surface area contributed by atoms with Crippen molar-refractivity contribution >= 4 is 11.9 Å². The summed E-state index contributed by atoms with van der Waals surface area (Å²) >= 11 is 0. The number of nitrogens with two attached hydrogens (primary N) is 1. The second-order valence-electron chi connectivity index (χ2n) is 3.71. The molecule has 0 radical (unpaired) electrons. The zero-order chi connectivity index (χ0) is 12.7. The summed E-state index contributed by atoms with van der Waals surface area (Å²) in [5.74, 6) is -1.50. The van der Waals surface area contributed by atoms with E-state index in [-0.39, 0.29) is 19.4 Å². The van der Waals surface area contributed by atoms with Crippen LogP contribution in [-0.4, -0.2) is 23.1 Å². The lowest BCUT2D eigenvalue weighted by molar-refractivity contribution is -0.145. The fourth-order valence-corrected chi connectivity index (χ4v) is 1.31. The van der Waals surface area contributed by atoms with E-state index in [1.54, 1.807) is 0 Å². The minimum atomic E-state index is -1.02. The van der Waals surface area contributed by atoms with Crippen molar-refractivity contribution < 1.29 is 19.4 Å². The number of hydrogen-bond donors (Lipinski definition) is 2. The minimum Gasteiger partial charge on any atom is -0.481 e. The fourth-order valence-electron chi connectivity index (χ4n) is 1.31. The van der Waals surface area contributed by atoms with Gasteiger partial charge in [-0.05, 0) is 5.56 Å². The molecule has 17 heavy (non-hydrogen) atoms. The van der Waals surface area contributed by atoms with Crippen LogP contribution in [0.4, 0.5) is 0 Å². The van der Waals surface area contributed by atoms with Gasteiger partial charge in [0.15, 0.2) is 0 Å². The van der Waals surface area contributed by atoms with E-state index >= 15 is 0 Å². The largest absolute Gasteiger partial charge is 0.481 e. The number of carboxylic acids is 1. The molecule has 0 aliphatic carbocycles. The monoisotopic (exact) mass is 237 g/mol. The molecular formula is C12H15NO4. The fraction of sp³-hybridized carbons (Fsp3) is 0.333. The SMILES string of the molecule is N[C@H](CC(=O)O)CC(=O)OCc1ccccc1. The molecule has 0 unspecified atom stereocenters. The van der Waals surface area contributed by atoms with Crippen LogP contribution in [0.25, 0.3) is 0 Å². The molecule has 0 aliphatic rings. The number of aliphatic carboxylic acids is 1. The third-order valence-corrected chi connectivity index (χ3v) is 2.11. The third kappa shape index (κ3) is 5.67. The van der Waals surface area contributed by atoms with Crippen LogP contribution in [0, 0.1) is 0 Å². The quantitative estimate of drug-likeness (QED) is 0.718. The Hall–Kier alpha value is -1.88. The number of hydrogen-bond acceptors (Lipinski definition) is 4. The van der Waals surface area contributed by atoms with Crippen molar-refractivity contribution in [1.82, 2.24) is 0 Å². The average molecular weight is 237 g/mol. The maximum absolute atomic E-state index is 11.3. The normalized spacial score (nSPS) is 11.8. The zero-order valence-corrected chi connectivity index (χ0v) is 9.33. The van der Waals surface area contributed by atoms with E-state index in [0.717, 1.165) is 5.56 Å². The van der Waals surface area contributed by atoms with Crippen molar-refractivity contribution in [2.24, 2.45) is 5.73 Å². The Morgan fingerprint density at radius 3 is 2.47 bits per heavy atom. The lowest BCUT2D eigenvalue weighted by Gasteiger charge is -2.08. The Morgan fingerprint density at radius 2 is 1.88 bits per heavy atom.